The van der Waals surface area contributed by atoms with E-state index < -0.39 is 0 Å². The number of nitrogens with zero attached hydrogens (tertiary/aromatic N) is 4. The minimum atomic E-state index is -0.181. The number of rotatable bonds is 6. The van der Waals surface area contributed by atoms with Crippen molar-refractivity contribution in [3.8, 4) is 5.69 Å². The lowest BCUT2D eigenvalue weighted by molar-refractivity contribution is 0.102. The molecule has 0 unspecified atom stereocenters. The van der Waals surface area contributed by atoms with Gasteiger partial charge in [0, 0.05) is 29.6 Å². The van der Waals surface area contributed by atoms with Gasteiger partial charge in [0.25, 0.3) is 5.91 Å². The number of amides is 1. The van der Waals surface area contributed by atoms with E-state index in [0.29, 0.717) is 16.6 Å². The lowest BCUT2D eigenvalue weighted by atomic mass is 10.1. The molecular formula is C17H19N5OS. The predicted molar refractivity (Wildman–Crippen MR) is 94.7 cm³/mol. The molecular weight excluding hydrogens is 322 g/mol. The van der Waals surface area contributed by atoms with Crippen LogP contribution in [0.1, 0.15) is 48.0 Å². The standard InChI is InChI=1S/C17H19N5OS/c1-3-12(4-2)16-20-21-17(24-16)19-15(23)13-5-7-14(8-6-13)22-10-9-18-11-22/h5-12H,3-4H2,1-2H3,(H,19,21,23). The summed E-state index contributed by atoms with van der Waals surface area (Å²) in [7, 11) is 0. The third kappa shape index (κ3) is 3.51. The number of hydrogen-bond acceptors (Lipinski definition) is 5. The van der Waals surface area contributed by atoms with E-state index in [9.17, 15) is 4.79 Å². The van der Waals surface area contributed by atoms with Crippen molar-refractivity contribution in [1.82, 2.24) is 19.7 Å². The molecule has 0 radical (unpaired) electrons. The molecule has 0 spiro atoms. The Bertz CT molecular complexity index is 791. The molecule has 2 heterocycles. The first-order valence-corrected chi connectivity index (χ1v) is 8.76. The van der Waals surface area contributed by atoms with E-state index in [1.54, 1.807) is 24.7 Å². The largest absolute Gasteiger partial charge is 0.306 e. The SMILES string of the molecule is CCC(CC)c1nnc(NC(=O)c2ccc(-n3ccnc3)cc2)s1. The molecule has 24 heavy (non-hydrogen) atoms. The summed E-state index contributed by atoms with van der Waals surface area (Å²) in [6, 6.07) is 7.33. The Morgan fingerprint density at radius 2 is 1.96 bits per heavy atom. The van der Waals surface area contributed by atoms with Gasteiger partial charge >= 0.3 is 0 Å². The van der Waals surface area contributed by atoms with Crippen LogP contribution in [0.4, 0.5) is 5.13 Å². The van der Waals surface area contributed by atoms with Gasteiger partial charge < -0.3 is 4.57 Å². The smallest absolute Gasteiger partial charge is 0.257 e. The first kappa shape index (κ1) is 16.3. The summed E-state index contributed by atoms with van der Waals surface area (Å²) in [5, 5.41) is 12.6. The second-order valence-corrected chi connectivity index (χ2v) is 6.44. The fourth-order valence-corrected chi connectivity index (χ4v) is 3.46. The third-order valence-electron chi connectivity index (χ3n) is 3.93. The number of imidazole rings is 1. The topological polar surface area (TPSA) is 72.7 Å². The van der Waals surface area contributed by atoms with Gasteiger partial charge in [0.05, 0.1) is 6.33 Å². The molecule has 3 aromatic rings. The highest BCUT2D eigenvalue weighted by Gasteiger charge is 2.15. The average molecular weight is 341 g/mol. The van der Waals surface area contributed by atoms with Crippen LogP contribution in [0, 0.1) is 0 Å². The molecule has 0 saturated heterocycles. The molecule has 0 bridgehead atoms. The predicted octanol–water partition coefficient (Wildman–Crippen LogP) is 3.88. The summed E-state index contributed by atoms with van der Waals surface area (Å²) in [6.07, 6.45) is 7.34. The maximum atomic E-state index is 12.3. The molecule has 0 aliphatic heterocycles. The number of aromatic nitrogens is 4. The van der Waals surface area contributed by atoms with Crippen LogP contribution in [0.3, 0.4) is 0 Å². The first-order chi connectivity index (χ1) is 11.7. The molecule has 1 amide bonds. The van der Waals surface area contributed by atoms with Crippen LogP contribution in [0.5, 0.6) is 0 Å². The van der Waals surface area contributed by atoms with Gasteiger partial charge in [-0.3, -0.25) is 10.1 Å². The average Bonchev–Trinajstić information content (AvgIpc) is 3.28. The summed E-state index contributed by atoms with van der Waals surface area (Å²) >= 11 is 1.45. The van der Waals surface area contributed by atoms with Crippen molar-refractivity contribution in [2.45, 2.75) is 32.6 Å². The molecule has 7 heteroatoms. The van der Waals surface area contributed by atoms with Gasteiger partial charge in [-0.1, -0.05) is 25.2 Å². The fourth-order valence-electron chi connectivity index (χ4n) is 2.45. The Morgan fingerprint density at radius 1 is 1.21 bits per heavy atom. The van der Waals surface area contributed by atoms with E-state index in [0.717, 1.165) is 23.5 Å². The number of carbonyl (C=O) groups is 1. The van der Waals surface area contributed by atoms with E-state index >= 15 is 0 Å². The lowest BCUT2D eigenvalue weighted by Crippen LogP contribution is -2.11. The van der Waals surface area contributed by atoms with Gasteiger partial charge in [0.1, 0.15) is 5.01 Å². The Morgan fingerprint density at radius 3 is 2.58 bits per heavy atom. The Labute approximate surface area is 144 Å². The van der Waals surface area contributed by atoms with Crippen molar-refractivity contribution in [3.63, 3.8) is 0 Å². The quantitative estimate of drug-likeness (QED) is 0.738. The molecule has 0 fully saturated rings. The number of carbonyl (C=O) groups excluding carboxylic acids is 1. The number of benzene rings is 1. The molecule has 2 aromatic heterocycles. The number of hydrogen-bond donors (Lipinski definition) is 1. The highest BCUT2D eigenvalue weighted by molar-refractivity contribution is 7.15. The molecule has 0 aliphatic rings. The van der Waals surface area contributed by atoms with E-state index in [-0.39, 0.29) is 5.91 Å². The van der Waals surface area contributed by atoms with Gasteiger partial charge in [-0.2, -0.15) is 0 Å². The molecule has 1 aromatic carbocycles. The van der Waals surface area contributed by atoms with E-state index in [1.807, 2.05) is 22.9 Å². The minimum absolute atomic E-state index is 0.181. The van der Waals surface area contributed by atoms with E-state index in [1.165, 1.54) is 11.3 Å². The zero-order valence-electron chi connectivity index (χ0n) is 13.6. The van der Waals surface area contributed by atoms with Crippen LogP contribution in [-0.2, 0) is 0 Å². The zero-order valence-corrected chi connectivity index (χ0v) is 14.5. The lowest BCUT2D eigenvalue weighted by Gasteiger charge is -2.06. The third-order valence-corrected chi connectivity index (χ3v) is 4.93. The minimum Gasteiger partial charge on any atom is -0.306 e. The van der Waals surface area contributed by atoms with Crippen molar-refractivity contribution < 1.29 is 4.79 Å². The van der Waals surface area contributed by atoms with Gasteiger partial charge in [-0.05, 0) is 37.1 Å². The molecule has 6 nitrogen and oxygen atoms in total. The maximum absolute atomic E-state index is 12.3. The van der Waals surface area contributed by atoms with Crippen LogP contribution in [0.15, 0.2) is 43.0 Å². The second kappa shape index (κ2) is 7.35. The molecule has 0 atom stereocenters. The summed E-state index contributed by atoms with van der Waals surface area (Å²) in [5.41, 5.74) is 1.54. The second-order valence-electron chi connectivity index (χ2n) is 5.43. The number of anilines is 1. The maximum Gasteiger partial charge on any atom is 0.257 e. The summed E-state index contributed by atoms with van der Waals surface area (Å²) in [5.74, 6) is 0.224. The number of nitrogens with one attached hydrogen (secondary N) is 1. The van der Waals surface area contributed by atoms with E-state index in [2.05, 4.69) is 34.3 Å². The van der Waals surface area contributed by atoms with Crippen molar-refractivity contribution in [3.05, 3.63) is 53.6 Å². The van der Waals surface area contributed by atoms with Gasteiger partial charge in [-0.15, -0.1) is 10.2 Å². The van der Waals surface area contributed by atoms with Crippen LogP contribution in [0.2, 0.25) is 0 Å². The van der Waals surface area contributed by atoms with Crippen molar-refractivity contribution in [1.29, 1.82) is 0 Å². The van der Waals surface area contributed by atoms with Gasteiger partial charge in [0.15, 0.2) is 0 Å². The normalized spacial score (nSPS) is 11.0. The van der Waals surface area contributed by atoms with Crippen molar-refractivity contribution >= 4 is 22.4 Å². The van der Waals surface area contributed by atoms with Crippen LogP contribution in [0.25, 0.3) is 5.69 Å². The molecule has 124 valence electrons. The summed E-state index contributed by atoms with van der Waals surface area (Å²) in [4.78, 5) is 16.4. The Kier molecular flexibility index (Phi) is 5.00. The molecule has 3 rings (SSSR count). The van der Waals surface area contributed by atoms with Crippen molar-refractivity contribution in [2.75, 3.05) is 5.32 Å². The Balaban J connectivity index is 1.69. The van der Waals surface area contributed by atoms with Crippen LogP contribution >= 0.6 is 11.3 Å². The molecule has 0 saturated carbocycles. The van der Waals surface area contributed by atoms with Gasteiger partial charge in [-0.25, -0.2) is 4.98 Å². The highest BCUT2D eigenvalue weighted by Crippen LogP contribution is 2.28. The van der Waals surface area contributed by atoms with Crippen LogP contribution in [-0.4, -0.2) is 25.7 Å². The zero-order chi connectivity index (χ0) is 16.9. The monoisotopic (exact) mass is 341 g/mol. The fraction of sp³-hybridized carbons (Fsp3) is 0.294. The summed E-state index contributed by atoms with van der Waals surface area (Å²) < 4.78 is 1.88. The van der Waals surface area contributed by atoms with Crippen LogP contribution < -0.4 is 5.32 Å². The van der Waals surface area contributed by atoms with Crippen molar-refractivity contribution in [2.24, 2.45) is 0 Å². The van der Waals surface area contributed by atoms with E-state index in [4.69, 9.17) is 0 Å². The van der Waals surface area contributed by atoms with Gasteiger partial charge in [0.2, 0.25) is 5.13 Å². The summed E-state index contributed by atoms with van der Waals surface area (Å²) in [6.45, 7) is 4.27. The molecule has 1 N–H and O–H groups in total. The highest BCUT2D eigenvalue weighted by atomic mass is 32.1. The Hall–Kier alpha value is -2.54. The first-order valence-electron chi connectivity index (χ1n) is 7.94. The molecule has 0 aliphatic carbocycles.